The van der Waals surface area contributed by atoms with E-state index in [1.165, 1.54) is 24.0 Å². The van der Waals surface area contributed by atoms with E-state index in [0.29, 0.717) is 0 Å². The summed E-state index contributed by atoms with van der Waals surface area (Å²) in [6, 6.07) is 0. The molecule has 0 atom stereocenters. The molecule has 2 heteroatoms. The molecule has 0 aliphatic carbocycles. The van der Waals surface area contributed by atoms with Crippen LogP contribution in [-0.4, -0.2) is 6.54 Å². The number of hydrogen-bond donors (Lipinski definition) is 1. The van der Waals surface area contributed by atoms with Gasteiger partial charge in [-0.15, -0.1) is 0 Å². The molecule has 0 fully saturated rings. The SMILES string of the molecule is CC(C)=CCC/C(C)=C/C[NH3+].[Cl-]. The summed E-state index contributed by atoms with van der Waals surface area (Å²) in [6.45, 7) is 7.37. The van der Waals surface area contributed by atoms with E-state index in [0.717, 1.165) is 6.54 Å². The number of rotatable bonds is 4. The van der Waals surface area contributed by atoms with E-state index in [9.17, 15) is 0 Å². The van der Waals surface area contributed by atoms with E-state index in [4.69, 9.17) is 0 Å². The van der Waals surface area contributed by atoms with Crippen molar-refractivity contribution in [2.75, 3.05) is 6.54 Å². The summed E-state index contributed by atoms with van der Waals surface area (Å²) in [5, 5.41) is 0. The molecule has 3 N–H and O–H groups in total. The second-order valence-corrected chi connectivity index (χ2v) is 3.16. The standard InChI is InChI=1S/C10H19N.ClH/c1-9(2)5-4-6-10(3)7-8-11;/h5,7H,4,6,8,11H2,1-3H3;1H/b10-7+;. The van der Waals surface area contributed by atoms with E-state index in [2.05, 4.69) is 38.7 Å². The zero-order valence-electron chi connectivity index (χ0n) is 8.36. The lowest BCUT2D eigenvalue weighted by Crippen LogP contribution is -3.00. The largest absolute Gasteiger partial charge is 1.00 e. The van der Waals surface area contributed by atoms with Crippen molar-refractivity contribution in [2.45, 2.75) is 33.6 Å². The molecule has 0 rings (SSSR count). The van der Waals surface area contributed by atoms with Crippen LogP contribution in [0.15, 0.2) is 23.3 Å². The van der Waals surface area contributed by atoms with Crippen LogP contribution in [0.25, 0.3) is 0 Å². The van der Waals surface area contributed by atoms with Crippen molar-refractivity contribution in [1.29, 1.82) is 0 Å². The Hall–Kier alpha value is -0.270. The lowest BCUT2D eigenvalue weighted by molar-refractivity contribution is -0.352. The first-order chi connectivity index (χ1) is 5.16. The van der Waals surface area contributed by atoms with Crippen molar-refractivity contribution < 1.29 is 18.1 Å². The van der Waals surface area contributed by atoms with Gasteiger partial charge >= 0.3 is 0 Å². The molecule has 0 saturated heterocycles. The van der Waals surface area contributed by atoms with E-state index in [1.807, 2.05) is 0 Å². The average Bonchev–Trinajstić information content (AvgIpc) is 1.87. The summed E-state index contributed by atoms with van der Waals surface area (Å²) >= 11 is 0. The van der Waals surface area contributed by atoms with Crippen molar-refractivity contribution in [3.63, 3.8) is 0 Å². The Balaban J connectivity index is 0. The quantitative estimate of drug-likeness (QED) is 0.546. The molecule has 12 heavy (non-hydrogen) atoms. The van der Waals surface area contributed by atoms with Crippen LogP contribution in [0.2, 0.25) is 0 Å². The van der Waals surface area contributed by atoms with Crippen molar-refractivity contribution >= 4 is 0 Å². The summed E-state index contributed by atoms with van der Waals surface area (Å²) < 4.78 is 0. The minimum atomic E-state index is 0. The van der Waals surface area contributed by atoms with Crippen LogP contribution in [0.5, 0.6) is 0 Å². The van der Waals surface area contributed by atoms with Crippen molar-refractivity contribution in [3.8, 4) is 0 Å². The number of halogens is 1. The Morgan fingerprint density at radius 2 is 1.75 bits per heavy atom. The lowest BCUT2D eigenvalue weighted by atomic mass is 10.1. The Kier molecular flexibility index (Phi) is 10.5. The molecule has 0 bridgehead atoms. The molecule has 0 aliphatic rings. The van der Waals surface area contributed by atoms with Gasteiger partial charge in [0.2, 0.25) is 0 Å². The predicted octanol–water partition coefficient (Wildman–Crippen LogP) is -1.07. The van der Waals surface area contributed by atoms with Crippen LogP contribution in [0, 0.1) is 0 Å². The summed E-state index contributed by atoms with van der Waals surface area (Å²) in [7, 11) is 0. The van der Waals surface area contributed by atoms with Gasteiger partial charge in [0.25, 0.3) is 0 Å². The first-order valence-corrected chi connectivity index (χ1v) is 4.25. The highest BCUT2D eigenvalue weighted by Crippen LogP contribution is 2.05. The second kappa shape index (κ2) is 8.82. The second-order valence-electron chi connectivity index (χ2n) is 3.16. The molecule has 0 saturated carbocycles. The Morgan fingerprint density at radius 3 is 2.17 bits per heavy atom. The zero-order valence-corrected chi connectivity index (χ0v) is 9.12. The smallest absolute Gasteiger partial charge is 0.0929 e. The molecule has 0 heterocycles. The molecule has 0 amide bonds. The molecule has 0 spiro atoms. The van der Waals surface area contributed by atoms with Gasteiger partial charge in [0.05, 0.1) is 6.54 Å². The van der Waals surface area contributed by atoms with Gasteiger partial charge in [0.15, 0.2) is 0 Å². The van der Waals surface area contributed by atoms with Crippen molar-refractivity contribution in [1.82, 2.24) is 0 Å². The molecule has 0 radical (unpaired) electrons. The van der Waals surface area contributed by atoms with Gasteiger partial charge in [-0.05, 0) is 39.7 Å². The van der Waals surface area contributed by atoms with Crippen molar-refractivity contribution in [2.24, 2.45) is 0 Å². The number of quaternary nitrogens is 1. The van der Waals surface area contributed by atoms with Crippen LogP contribution in [-0.2, 0) is 0 Å². The zero-order chi connectivity index (χ0) is 8.69. The van der Waals surface area contributed by atoms with Crippen LogP contribution in [0.1, 0.15) is 33.6 Å². The Labute approximate surface area is 82.1 Å². The first-order valence-electron chi connectivity index (χ1n) is 4.25. The number of hydrogen-bond acceptors (Lipinski definition) is 0. The van der Waals surface area contributed by atoms with Gasteiger partial charge in [0, 0.05) is 0 Å². The Bertz CT molecular complexity index is 155. The highest BCUT2D eigenvalue weighted by molar-refractivity contribution is 5.01. The van der Waals surface area contributed by atoms with Crippen LogP contribution >= 0.6 is 0 Å². The maximum absolute atomic E-state index is 3.78. The average molecular weight is 190 g/mol. The van der Waals surface area contributed by atoms with Gasteiger partial charge < -0.3 is 18.1 Å². The third-order valence-electron chi connectivity index (χ3n) is 1.58. The maximum Gasteiger partial charge on any atom is 0.0929 e. The minimum Gasteiger partial charge on any atom is -1.00 e. The monoisotopic (exact) mass is 189 g/mol. The fourth-order valence-electron chi connectivity index (χ4n) is 0.937. The molecular formula is C10H20ClN. The fourth-order valence-corrected chi connectivity index (χ4v) is 0.937. The fraction of sp³-hybridized carbons (Fsp3) is 0.600. The summed E-state index contributed by atoms with van der Waals surface area (Å²) in [5.74, 6) is 0. The molecule has 1 nitrogen and oxygen atoms in total. The van der Waals surface area contributed by atoms with Crippen LogP contribution in [0.3, 0.4) is 0 Å². The molecule has 72 valence electrons. The summed E-state index contributed by atoms with van der Waals surface area (Å²) in [6.07, 6.45) is 6.82. The molecule has 0 aliphatic heterocycles. The van der Waals surface area contributed by atoms with Crippen LogP contribution in [0.4, 0.5) is 0 Å². The van der Waals surface area contributed by atoms with Crippen molar-refractivity contribution in [3.05, 3.63) is 23.3 Å². The number of allylic oxidation sites excluding steroid dienone is 3. The van der Waals surface area contributed by atoms with Crippen LogP contribution < -0.4 is 18.1 Å². The molecule has 0 aromatic heterocycles. The predicted molar refractivity (Wildman–Crippen MR) is 50.2 cm³/mol. The summed E-state index contributed by atoms with van der Waals surface area (Å²) in [4.78, 5) is 0. The van der Waals surface area contributed by atoms with Gasteiger partial charge in [0.1, 0.15) is 0 Å². The van der Waals surface area contributed by atoms with E-state index < -0.39 is 0 Å². The maximum atomic E-state index is 3.78. The molecule has 0 aromatic rings. The molecule has 0 aromatic carbocycles. The van der Waals surface area contributed by atoms with E-state index >= 15 is 0 Å². The topological polar surface area (TPSA) is 27.6 Å². The normalized spacial score (nSPS) is 10.5. The van der Waals surface area contributed by atoms with E-state index in [1.54, 1.807) is 0 Å². The van der Waals surface area contributed by atoms with Gasteiger partial charge in [-0.25, -0.2) is 0 Å². The highest BCUT2D eigenvalue weighted by Gasteiger charge is 1.87. The Morgan fingerprint density at radius 1 is 1.17 bits per heavy atom. The highest BCUT2D eigenvalue weighted by atomic mass is 35.5. The molecule has 0 unspecified atom stereocenters. The van der Waals surface area contributed by atoms with Gasteiger partial charge in [-0.2, -0.15) is 0 Å². The summed E-state index contributed by atoms with van der Waals surface area (Å²) in [5.41, 5.74) is 6.64. The third kappa shape index (κ3) is 9.73. The minimum absolute atomic E-state index is 0. The van der Waals surface area contributed by atoms with E-state index in [-0.39, 0.29) is 12.4 Å². The van der Waals surface area contributed by atoms with Gasteiger partial charge in [-0.3, -0.25) is 0 Å². The lowest BCUT2D eigenvalue weighted by Gasteiger charge is -1.96. The van der Waals surface area contributed by atoms with Gasteiger partial charge in [-0.1, -0.05) is 17.2 Å². The first kappa shape index (κ1) is 14.3. The third-order valence-corrected chi connectivity index (χ3v) is 1.58. The molecular weight excluding hydrogens is 170 g/mol.